The lowest BCUT2D eigenvalue weighted by Crippen LogP contribution is -2.28. The molecule has 1 heterocycles. The molecule has 0 spiro atoms. The third kappa shape index (κ3) is 4.62. The molecule has 0 saturated carbocycles. The number of anilines is 3. The van der Waals surface area contributed by atoms with E-state index in [-0.39, 0.29) is 0 Å². The molecule has 0 atom stereocenters. The van der Waals surface area contributed by atoms with E-state index in [1.54, 1.807) is 0 Å². The summed E-state index contributed by atoms with van der Waals surface area (Å²) in [4.78, 5) is 2.50. The largest absolute Gasteiger partial charge is 0.456 e. The molecule has 9 aromatic carbocycles. The first-order valence-electron chi connectivity index (χ1n) is 18.9. The van der Waals surface area contributed by atoms with E-state index in [4.69, 9.17) is 4.42 Å². The minimum absolute atomic E-state index is 0.528. The summed E-state index contributed by atoms with van der Waals surface area (Å²) in [6.07, 6.45) is 0. The second-order valence-corrected chi connectivity index (χ2v) is 14.4. The molecule has 0 fully saturated rings. The minimum atomic E-state index is -0.528. The number of para-hydroxylation sites is 2. The Morgan fingerprint density at radius 2 is 0.873 bits per heavy atom. The maximum atomic E-state index is 6.56. The molecule has 0 aliphatic heterocycles. The van der Waals surface area contributed by atoms with E-state index in [0.29, 0.717) is 0 Å². The molecule has 11 rings (SSSR count). The van der Waals surface area contributed by atoms with Gasteiger partial charge >= 0.3 is 0 Å². The van der Waals surface area contributed by atoms with Gasteiger partial charge in [-0.15, -0.1) is 0 Å². The minimum Gasteiger partial charge on any atom is -0.456 e. The monoisotopic (exact) mass is 701 g/mol. The maximum absolute atomic E-state index is 6.56. The van der Waals surface area contributed by atoms with Crippen LogP contribution in [0.3, 0.4) is 0 Å². The van der Waals surface area contributed by atoms with Crippen LogP contribution in [0.25, 0.3) is 55.0 Å². The van der Waals surface area contributed by atoms with Crippen LogP contribution in [0.15, 0.2) is 217 Å². The molecule has 258 valence electrons. The highest BCUT2D eigenvalue weighted by molar-refractivity contribution is 6.15. The highest BCUT2D eigenvalue weighted by Crippen LogP contribution is 2.60. The second-order valence-electron chi connectivity index (χ2n) is 14.4. The Hall–Kier alpha value is -7.16. The molecule has 55 heavy (non-hydrogen) atoms. The van der Waals surface area contributed by atoms with Crippen LogP contribution in [0.5, 0.6) is 0 Å². The molecule has 0 N–H and O–H groups in total. The van der Waals surface area contributed by atoms with Gasteiger partial charge in [-0.25, -0.2) is 0 Å². The van der Waals surface area contributed by atoms with Crippen LogP contribution in [0.4, 0.5) is 17.1 Å². The van der Waals surface area contributed by atoms with Gasteiger partial charge in [0.05, 0.1) is 27.9 Å². The molecule has 0 bridgehead atoms. The third-order valence-corrected chi connectivity index (χ3v) is 11.5. The van der Waals surface area contributed by atoms with Crippen molar-refractivity contribution in [3.8, 4) is 22.3 Å². The van der Waals surface area contributed by atoms with E-state index < -0.39 is 5.41 Å². The van der Waals surface area contributed by atoms with Crippen LogP contribution in [0.2, 0.25) is 0 Å². The Kier molecular flexibility index (Phi) is 7.11. The molecule has 2 nitrogen and oxygen atoms in total. The van der Waals surface area contributed by atoms with Crippen molar-refractivity contribution < 1.29 is 4.42 Å². The highest BCUT2D eigenvalue weighted by atomic mass is 16.3. The standard InChI is InChI=1S/C53H35NO/c1-3-20-37(21-4-1)53(38-22-5-2-6-23-38)44-29-12-9-26-42(44)51-45(53)30-16-32-47(51)54(48-33-17-35-50-52(48)43-27-11-14-34-49(43)55-50)46-31-13-10-25-41(46)40-28-15-19-36-18-7-8-24-39(36)40/h1-35H. The zero-order chi connectivity index (χ0) is 36.3. The molecular formula is C53H35NO. The molecule has 0 saturated heterocycles. The summed E-state index contributed by atoms with van der Waals surface area (Å²) in [5, 5.41) is 4.62. The van der Waals surface area contributed by atoms with Gasteiger partial charge in [-0.05, 0) is 74.5 Å². The zero-order valence-corrected chi connectivity index (χ0v) is 30.1. The van der Waals surface area contributed by atoms with Gasteiger partial charge in [-0.1, -0.05) is 182 Å². The molecule has 10 aromatic rings. The quantitative estimate of drug-likeness (QED) is 0.172. The number of hydrogen-bond donors (Lipinski definition) is 0. The summed E-state index contributed by atoms with van der Waals surface area (Å²) < 4.78 is 6.56. The second kappa shape index (κ2) is 12.5. The van der Waals surface area contributed by atoms with Crippen LogP contribution in [-0.2, 0) is 5.41 Å². The van der Waals surface area contributed by atoms with E-state index >= 15 is 0 Å². The first-order chi connectivity index (χ1) is 27.3. The summed E-state index contributed by atoms with van der Waals surface area (Å²) >= 11 is 0. The van der Waals surface area contributed by atoms with Gasteiger partial charge in [0.15, 0.2) is 0 Å². The fourth-order valence-electron chi connectivity index (χ4n) is 9.35. The third-order valence-electron chi connectivity index (χ3n) is 11.5. The van der Waals surface area contributed by atoms with Crippen molar-refractivity contribution in [2.75, 3.05) is 4.90 Å². The van der Waals surface area contributed by atoms with Crippen LogP contribution in [0.1, 0.15) is 22.3 Å². The molecule has 1 aliphatic rings. The summed E-state index contributed by atoms with van der Waals surface area (Å²) in [5.74, 6) is 0. The van der Waals surface area contributed by atoms with E-state index in [1.807, 2.05) is 6.07 Å². The number of hydrogen-bond acceptors (Lipinski definition) is 2. The van der Waals surface area contributed by atoms with E-state index in [9.17, 15) is 0 Å². The van der Waals surface area contributed by atoms with E-state index in [0.717, 1.165) is 44.6 Å². The Morgan fingerprint density at radius 1 is 0.345 bits per heavy atom. The molecule has 0 amide bonds. The average molecular weight is 702 g/mol. The molecule has 2 heteroatoms. The van der Waals surface area contributed by atoms with Crippen molar-refractivity contribution >= 4 is 49.8 Å². The topological polar surface area (TPSA) is 16.4 Å². The van der Waals surface area contributed by atoms with Crippen LogP contribution < -0.4 is 4.90 Å². The lowest BCUT2D eigenvalue weighted by atomic mass is 9.68. The summed E-state index contributed by atoms with van der Waals surface area (Å²) in [6, 6.07) is 77.1. The predicted molar refractivity (Wildman–Crippen MR) is 229 cm³/mol. The highest BCUT2D eigenvalue weighted by Gasteiger charge is 2.47. The smallest absolute Gasteiger partial charge is 0.137 e. The molecule has 0 unspecified atom stereocenters. The lowest BCUT2D eigenvalue weighted by molar-refractivity contribution is 0.669. The van der Waals surface area contributed by atoms with Crippen LogP contribution in [0, 0.1) is 0 Å². The number of furan rings is 1. The van der Waals surface area contributed by atoms with Crippen LogP contribution in [-0.4, -0.2) is 0 Å². The van der Waals surface area contributed by atoms with Gasteiger partial charge in [-0.2, -0.15) is 0 Å². The molecule has 1 aliphatic carbocycles. The van der Waals surface area contributed by atoms with Crippen molar-refractivity contribution in [1.29, 1.82) is 0 Å². The SMILES string of the molecule is c1ccc(C2(c3ccccc3)c3ccccc3-c3c(N(c4ccccc4-c4cccc5ccccc45)c4cccc5oc6ccccc6c45)cccc32)cc1. The number of rotatable bonds is 6. The fraction of sp³-hybridized carbons (Fsp3) is 0.0189. The summed E-state index contributed by atoms with van der Waals surface area (Å²) in [7, 11) is 0. The molecular weight excluding hydrogens is 667 g/mol. The Bertz CT molecular complexity index is 3000. The van der Waals surface area contributed by atoms with Gasteiger partial charge in [0, 0.05) is 16.5 Å². The van der Waals surface area contributed by atoms with Crippen molar-refractivity contribution in [2.45, 2.75) is 5.41 Å². The normalized spacial score (nSPS) is 12.9. The molecule has 1 aromatic heterocycles. The Labute approximate surface area is 320 Å². The van der Waals surface area contributed by atoms with E-state index in [2.05, 4.69) is 211 Å². The van der Waals surface area contributed by atoms with Crippen molar-refractivity contribution in [3.05, 3.63) is 235 Å². The fourth-order valence-corrected chi connectivity index (χ4v) is 9.35. The number of nitrogens with zero attached hydrogens (tertiary/aromatic N) is 1. The summed E-state index contributed by atoms with van der Waals surface area (Å²) in [6.45, 7) is 0. The molecule has 0 radical (unpaired) electrons. The maximum Gasteiger partial charge on any atom is 0.137 e. The first-order valence-corrected chi connectivity index (χ1v) is 18.9. The first kappa shape index (κ1) is 31.4. The van der Waals surface area contributed by atoms with Gasteiger partial charge in [0.2, 0.25) is 0 Å². The summed E-state index contributed by atoms with van der Waals surface area (Å²) in [5.41, 5.74) is 14.3. The van der Waals surface area contributed by atoms with Gasteiger partial charge in [-0.3, -0.25) is 0 Å². The average Bonchev–Trinajstić information content (AvgIpc) is 3.79. The van der Waals surface area contributed by atoms with Gasteiger partial charge in [0.25, 0.3) is 0 Å². The van der Waals surface area contributed by atoms with Crippen molar-refractivity contribution in [1.82, 2.24) is 0 Å². The lowest BCUT2D eigenvalue weighted by Gasteiger charge is -2.34. The van der Waals surface area contributed by atoms with Gasteiger partial charge < -0.3 is 9.32 Å². The Morgan fingerprint density at radius 3 is 1.69 bits per heavy atom. The van der Waals surface area contributed by atoms with Crippen LogP contribution >= 0.6 is 0 Å². The van der Waals surface area contributed by atoms with Crippen molar-refractivity contribution in [2.24, 2.45) is 0 Å². The van der Waals surface area contributed by atoms with Gasteiger partial charge in [0.1, 0.15) is 11.2 Å². The Balaban J connectivity index is 1.29. The van der Waals surface area contributed by atoms with E-state index in [1.165, 1.54) is 49.7 Å². The van der Waals surface area contributed by atoms with Crippen molar-refractivity contribution in [3.63, 3.8) is 0 Å². The number of fused-ring (bicyclic) bond motifs is 7. The zero-order valence-electron chi connectivity index (χ0n) is 30.1. The predicted octanol–water partition coefficient (Wildman–Crippen LogP) is 14.2. The number of benzene rings is 9.